The molecule has 7 nitrogen and oxygen atoms in total. The highest BCUT2D eigenvalue weighted by molar-refractivity contribution is 5.88. The maximum atomic E-state index is 13.6. The zero-order valence-electron chi connectivity index (χ0n) is 17.1. The van der Waals surface area contributed by atoms with Crippen LogP contribution in [0, 0.1) is 0 Å². The molecular weight excluding hydrogens is 368 g/mol. The minimum Gasteiger partial charge on any atom is -0.471 e. The van der Waals surface area contributed by atoms with Gasteiger partial charge in [-0.25, -0.2) is 0 Å². The minimum atomic E-state index is -0.498. The van der Waals surface area contributed by atoms with Crippen LogP contribution in [-0.4, -0.2) is 67.5 Å². The monoisotopic (exact) mass is 396 g/mol. The van der Waals surface area contributed by atoms with Crippen molar-refractivity contribution in [2.24, 2.45) is 0 Å². The van der Waals surface area contributed by atoms with E-state index in [9.17, 15) is 4.79 Å². The molecule has 2 aliphatic rings. The van der Waals surface area contributed by atoms with Gasteiger partial charge in [-0.1, -0.05) is 30.3 Å². The van der Waals surface area contributed by atoms with Crippen molar-refractivity contribution in [1.29, 1.82) is 0 Å². The summed E-state index contributed by atoms with van der Waals surface area (Å²) in [6, 6.07) is 13.8. The minimum absolute atomic E-state index is 0.0638. The molecule has 0 saturated carbocycles. The number of anilines is 1. The van der Waals surface area contributed by atoms with Gasteiger partial charge in [-0.05, 0) is 24.5 Å². The number of amides is 1. The molecule has 0 N–H and O–H groups in total. The van der Waals surface area contributed by atoms with Crippen molar-refractivity contribution >= 4 is 11.7 Å². The molecule has 29 heavy (non-hydrogen) atoms. The molecule has 4 rings (SSSR count). The quantitative estimate of drug-likeness (QED) is 0.772. The average Bonchev–Trinajstić information content (AvgIpc) is 3.23. The standard InChI is InChI=1S/C22H28N4O3/c1-25(2)19-8-9-20(24-23-19)29-18-10-13-26(16-18)21(27)22(11-14-28-15-12-22)17-6-4-3-5-7-17/h3-9,18H,10-16H2,1-2H3. The van der Waals surface area contributed by atoms with Crippen molar-refractivity contribution < 1.29 is 14.3 Å². The molecule has 2 aromatic rings. The van der Waals surface area contributed by atoms with Crippen molar-refractivity contribution in [1.82, 2.24) is 15.1 Å². The number of nitrogens with zero attached hydrogens (tertiary/aromatic N) is 4. The van der Waals surface area contributed by atoms with E-state index in [-0.39, 0.29) is 12.0 Å². The third-order valence-electron chi connectivity index (χ3n) is 5.89. The summed E-state index contributed by atoms with van der Waals surface area (Å²) in [7, 11) is 3.84. The van der Waals surface area contributed by atoms with Gasteiger partial charge in [0.15, 0.2) is 5.82 Å². The molecule has 0 aliphatic carbocycles. The van der Waals surface area contributed by atoms with Crippen molar-refractivity contribution in [3.05, 3.63) is 48.0 Å². The number of carbonyl (C=O) groups is 1. The van der Waals surface area contributed by atoms with Gasteiger partial charge < -0.3 is 19.3 Å². The molecule has 154 valence electrons. The molecular formula is C22H28N4O3. The van der Waals surface area contributed by atoms with Crippen LogP contribution in [0.1, 0.15) is 24.8 Å². The van der Waals surface area contributed by atoms with Crippen LogP contribution in [0.4, 0.5) is 5.82 Å². The first kappa shape index (κ1) is 19.6. The van der Waals surface area contributed by atoms with Gasteiger partial charge in [-0.3, -0.25) is 4.79 Å². The first-order valence-corrected chi connectivity index (χ1v) is 10.2. The lowest BCUT2D eigenvalue weighted by Gasteiger charge is -2.39. The van der Waals surface area contributed by atoms with Gasteiger partial charge >= 0.3 is 0 Å². The van der Waals surface area contributed by atoms with Crippen LogP contribution < -0.4 is 9.64 Å². The Morgan fingerprint density at radius 1 is 1.14 bits per heavy atom. The smallest absolute Gasteiger partial charge is 0.233 e. The zero-order chi connectivity index (χ0) is 20.3. The van der Waals surface area contributed by atoms with Gasteiger partial charge in [0.05, 0.1) is 12.0 Å². The summed E-state index contributed by atoms with van der Waals surface area (Å²) in [4.78, 5) is 17.5. The number of hydrogen-bond acceptors (Lipinski definition) is 6. The van der Waals surface area contributed by atoms with Crippen LogP contribution in [0.5, 0.6) is 5.88 Å². The summed E-state index contributed by atoms with van der Waals surface area (Å²) in [6.07, 6.45) is 2.17. The van der Waals surface area contributed by atoms with Gasteiger partial charge in [0.25, 0.3) is 0 Å². The van der Waals surface area contributed by atoms with Crippen LogP contribution in [0.2, 0.25) is 0 Å². The van der Waals surface area contributed by atoms with Gasteiger partial charge in [-0.2, -0.15) is 0 Å². The lowest BCUT2D eigenvalue weighted by atomic mass is 9.73. The van der Waals surface area contributed by atoms with E-state index >= 15 is 0 Å². The molecule has 0 spiro atoms. The highest BCUT2D eigenvalue weighted by Crippen LogP contribution is 2.37. The van der Waals surface area contributed by atoms with Crippen molar-refractivity contribution in [3.8, 4) is 5.88 Å². The highest BCUT2D eigenvalue weighted by atomic mass is 16.5. The molecule has 7 heteroatoms. The molecule has 2 saturated heterocycles. The van der Waals surface area contributed by atoms with E-state index < -0.39 is 5.41 Å². The Morgan fingerprint density at radius 3 is 2.55 bits per heavy atom. The Balaban J connectivity index is 1.45. The van der Waals surface area contributed by atoms with E-state index in [4.69, 9.17) is 9.47 Å². The SMILES string of the molecule is CN(C)c1ccc(OC2CCN(C(=O)C3(c4ccccc4)CCOCC3)C2)nn1. The molecule has 1 unspecified atom stereocenters. The molecule has 0 radical (unpaired) electrons. The Bertz CT molecular complexity index is 820. The third-order valence-corrected chi connectivity index (χ3v) is 5.89. The second-order valence-corrected chi connectivity index (χ2v) is 7.96. The second kappa shape index (κ2) is 8.37. The topological polar surface area (TPSA) is 67.8 Å². The number of ether oxygens (including phenoxy) is 2. The van der Waals surface area contributed by atoms with Gasteiger partial charge in [0, 0.05) is 46.3 Å². The number of aromatic nitrogens is 2. The Hall–Kier alpha value is -2.67. The van der Waals surface area contributed by atoms with E-state index in [0.717, 1.165) is 30.6 Å². The predicted octanol–water partition coefficient (Wildman–Crippen LogP) is 2.27. The van der Waals surface area contributed by atoms with E-state index in [1.165, 1.54) is 0 Å². The maximum absolute atomic E-state index is 13.6. The highest BCUT2D eigenvalue weighted by Gasteiger charge is 2.45. The summed E-state index contributed by atoms with van der Waals surface area (Å²) in [6.45, 7) is 2.50. The van der Waals surface area contributed by atoms with Gasteiger partial charge in [0.2, 0.25) is 11.8 Å². The van der Waals surface area contributed by atoms with Crippen LogP contribution in [0.15, 0.2) is 42.5 Å². The fourth-order valence-electron chi connectivity index (χ4n) is 4.20. The van der Waals surface area contributed by atoms with Gasteiger partial charge in [-0.15, -0.1) is 10.2 Å². The van der Waals surface area contributed by atoms with Crippen LogP contribution in [-0.2, 0) is 14.9 Å². The molecule has 1 atom stereocenters. The fourth-order valence-corrected chi connectivity index (χ4v) is 4.20. The largest absolute Gasteiger partial charge is 0.471 e. The third kappa shape index (κ3) is 4.05. The summed E-state index contributed by atoms with van der Waals surface area (Å²) in [5.74, 6) is 1.47. The van der Waals surface area contributed by atoms with E-state index in [0.29, 0.717) is 32.2 Å². The first-order valence-electron chi connectivity index (χ1n) is 10.2. The summed E-state index contributed by atoms with van der Waals surface area (Å²) in [5, 5.41) is 8.31. The fraction of sp³-hybridized carbons (Fsp3) is 0.500. The Morgan fingerprint density at radius 2 is 1.90 bits per heavy atom. The number of benzene rings is 1. The summed E-state index contributed by atoms with van der Waals surface area (Å²) in [5.41, 5.74) is 0.587. The van der Waals surface area contributed by atoms with Crippen LogP contribution >= 0.6 is 0 Å². The number of carbonyl (C=O) groups excluding carboxylic acids is 1. The maximum Gasteiger partial charge on any atom is 0.233 e. The lowest BCUT2D eigenvalue weighted by Crippen LogP contribution is -2.49. The number of rotatable bonds is 5. The molecule has 1 amide bonds. The predicted molar refractivity (Wildman–Crippen MR) is 110 cm³/mol. The van der Waals surface area contributed by atoms with Crippen molar-refractivity contribution in [2.75, 3.05) is 45.3 Å². The first-order chi connectivity index (χ1) is 14.1. The van der Waals surface area contributed by atoms with E-state index in [1.54, 1.807) is 0 Å². The normalized spacial score (nSPS) is 21.0. The van der Waals surface area contributed by atoms with E-state index in [2.05, 4.69) is 22.3 Å². The summed E-state index contributed by atoms with van der Waals surface area (Å²) < 4.78 is 11.6. The van der Waals surface area contributed by atoms with E-state index in [1.807, 2.05) is 54.2 Å². The Kier molecular flexibility index (Phi) is 5.67. The average molecular weight is 396 g/mol. The van der Waals surface area contributed by atoms with Crippen molar-refractivity contribution in [2.45, 2.75) is 30.8 Å². The number of likely N-dealkylation sites (tertiary alicyclic amines) is 1. The van der Waals surface area contributed by atoms with Gasteiger partial charge in [0.1, 0.15) is 6.10 Å². The lowest BCUT2D eigenvalue weighted by molar-refractivity contribution is -0.140. The zero-order valence-corrected chi connectivity index (χ0v) is 17.1. The number of hydrogen-bond donors (Lipinski definition) is 0. The Labute approximate surface area is 171 Å². The van der Waals surface area contributed by atoms with Crippen LogP contribution in [0.25, 0.3) is 0 Å². The molecule has 1 aromatic heterocycles. The second-order valence-electron chi connectivity index (χ2n) is 7.96. The molecule has 2 aliphatic heterocycles. The summed E-state index contributed by atoms with van der Waals surface area (Å²) >= 11 is 0. The molecule has 2 fully saturated rings. The molecule has 3 heterocycles. The molecule has 0 bridgehead atoms. The van der Waals surface area contributed by atoms with Crippen LogP contribution in [0.3, 0.4) is 0 Å². The molecule has 1 aromatic carbocycles. The van der Waals surface area contributed by atoms with Crippen molar-refractivity contribution in [3.63, 3.8) is 0 Å².